The topological polar surface area (TPSA) is 51.6 Å². The molecule has 0 saturated heterocycles. The Hall–Kier alpha value is -7.47. The van der Waals surface area contributed by atoms with Crippen molar-refractivity contribution < 1.29 is 0 Å². The number of benzene rings is 8. The standard InChI is InChI=1S/C55H34N4S/c1-3-13-37(14-4-1)52-57-53(38-15-5-2-6-16-38)59-54(58-52)40-29-31-43-42-30-28-39(35-24-26-36(27-25-35)41-17-11-21-49-44(41)18-12-32-56-49)33-47(42)55(48(43)34-40)45-19-7-9-22-50(45)60-51-23-10-8-20-46(51)55/h1-34H. The van der Waals surface area contributed by atoms with Crippen LogP contribution >= 0.6 is 11.8 Å². The Morgan fingerprint density at radius 1 is 0.333 bits per heavy atom. The minimum atomic E-state index is -0.581. The molecule has 0 atom stereocenters. The van der Waals surface area contributed by atoms with E-state index >= 15 is 0 Å². The zero-order chi connectivity index (χ0) is 39.6. The molecule has 2 aliphatic rings. The maximum Gasteiger partial charge on any atom is 0.164 e. The first-order valence-electron chi connectivity index (χ1n) is 20.2. The fourth-order valence-electron chi connectivity index (χ4n) is 9.35. The smallest absolute Gasteiger partial charge is 0.164 e. The van der Waals surface area contributed by atoms with Crippen LogP contribution in [0.5, 0.6) is 0 Å². The summed E-state index contributed by atoms with van der Waals surface area (Å²) in [5.41, 5.74) is 15.5. The van der Waals surface area contributed by atoms with Crippen LogP contribution in [0.4, 0.5) is 0 Å². The van der Waals surface area contributed by atoms with Crippen molar-refractivity contribution in [3.63, 3.8) is 0 Å². The molecule has 10 aromatic rings. The van der Waals surface area contributed by atoms with E-state index in [0.717, 1.165) is 27.6 Å². The minimum absolute atomic E-state index is 0.581. The molecule has 0 unspecified atom stereocenters. The molecule has 280 valence electrons. The number of pyridine rings is 1. The van der Waals surface area contributed by atoms with Crippen LogP contribution in [0.1, 0.15) is 22.3 Å². The maximum absolute atomic E-state index is 5.17. The fourth-order valence-corrected chi connectivity index (χ4v) is 10.5. The van der Waals surface area contributed by atoms with Crippen molar-refractivity contribution in [2.45, 2.75) is 15.2 Å². The molecule has 0 amide bonds. The van der Waals surface area contributed by atoms with Gasteiger partial charge in [-0.3, -0.25) is 4.98 Å². The summed E-state index contributed by atoms with van der Waals surface area (Å²) in [6, 6.07) is 71.6. The van der Waals surface area contributed by atoms with Crippen LogP contribution in [0.2, 0.25) is 0 Å². The van der Waals surface area contributed by atoms with E-state index in [1.807, 2.05) is 60.4 Å². The average Bonchev–Trinajstić information content (AvgIpc) is 3.61. The second-order valence-corrected chi connectivity index (χ2v) is 16.4. The second kappa shape index (κ2) is 13.8. The van der Waals surface area contributed by atoms with Gasteiger partial charge in [-0.1, -0.05) is 176 Å². The molecule has 4 nitrogen and oxygen atoms in total. The lowest BCUT2D eigenvalue weighted by Crippen LogP contribution is -2.32. The van der Waals surface area contributed by atoms with Crippen molar-refractivity contribution in [1.82, 2.24) is 19.9 Å². The molecule has 0 saturated carbocycles. The first kappa shape index (κ1) is 34.6. The van der Waals surface area contributed by atoms with Gasteiger partial charge in [-0.05, 0) is 92.0 Å². The molecule has 0 fully saturated rings. The predicted molar refractivity (Wildman–Crippen MR) is 244 cm³/mol. The predicted octanol–water partition coefficient (Wildman–Crippen LogP) is 13.6. The maximum atomic E-state index is 5.17. The molecule has 2 aromatic heterocycles. The summed E-state index contributed by atoms with van der Waals surface area (Å²) in [6.07, 6.45) is 1.85. The van der Waals surface area contributed by atoms with E-state index in [0.29, 0.717) is 17.5 Å². The molecular formula is C55H34N4S. The van der Waals surface area contributed by atoms with Gasteiger partial charge in [0.1, 0.15) is 0 Å². The van der Waals surface area contributed by atoms with Crippen molar-refractivity contribution in [2.24, 2.45) is 0 Å². The molecule has 5 heteroatoms. The van der Waals surface area contributed by atoms with Gasteiger partial charge in [0, 0.05) is 38.1 Å². The number of nitrogens with zero attached hydrogens (tertiary/aromatic N) is 4. The largest absolute Gasteiger partial charge is 0.256 e. The third kappa shape index (κ3) is 5.40. The molecule has 0 N–H and O–H groups in total. The van der Waals surface area contributed by atoms with Gasteiger partial charge in [-0.25, -0.2) is 15.0 Å². The van der Waals surface area contributed by atoms with Gasteiger partial charge >= 0.3 is 0 Å². The van der Waals surface area contributed by atoms with Crippen LogP contribution in [0.25, 0.3) is 78.4 Å². The van der Waals surface area contributed by atoms with Crippen molar-refractivity contribution in [2.75, 3.05) is 0 Å². The molecule has 1 aliphatic carbocycles. The lowest BCUT2D eigenvalue weighted by Gasteiger charge is -2.39. The minimum Gasteiger partial charge on any atom is -0.256 e. The van der Waals surface area contributed by atoms with Gasteiger partial charge in [0.2, 0.25) is 0 Å². The van der Waals surface area contributed by atoms with Crippen molar-refractivity contribution in [3.8, 4) is 67.5 Å². The van der Waals surface area contributed by atoms with Gasteiger partial charge < -0.3 is 0 Å². The van der Waals surface area contributed by atoms with E-state index in [1.54, 1.807) is 0 Å². The van der Waals surface area contributed by atoms with E-state index < -0.39 is 5.41 Å². The second-order valence-electron chi connectivity index (χ2n) is 15.4. The van der Waals surface area contributed by atoms with Crippen LogP contribution in [0, 0.1) is 0 Å². The first-order chi connectivity index (χ1) is 29.7. The Labute approximate surface area is 352 Å². The number of hydrogen-bond acceptors (Lipinski definition) is 5. The van der Waals surface area contributed by atoms with E-state index in [-0.39, 0.29) is 0 Å². The Morgan fingerprint density at radius 2 is 0.850 bits per heavy atom. The SMILES string of the molecule is c1ccc(-c2nc(-c3ccccc3)nc(-c3ccc4c(c3)C3(c5ccccc5Sc5ccccc53)c3cc(-c5ccc(-c6cccc7ncccc67)cc5)ccc3-4)n2)cc1. The average molecular weight is 783 g/mol. The summed E-state index contributed by atoms with van der Waals surface area (Å²) in [5.74, 6) is 1.94. The molecule has 1 spiro atoms. The van der Waals surface area contributed by atoms with Crippen molar-refractivity contribution >= 4 is 22.7 Å². The van der Waals surface area contributed by atoms with Crippen LogP contribution < -0.4 is 0 Å². The molecule has 0 radical (unpaired) electrons. The third-order valence-corrected chi connectivity index (χ3v) is 13.2. The van der Waals surface area contributed by atoms with Crippen molar-refractivity contribution in [1.29, 1.82) is 0 Å². The number of hydrogen-bond donors (Lipinski definition) is 0. The number of rotatable bonds is 5. The van der Waals surface area contributed by atoms with Gasteiger partial charge in [0.05, 0.1) is 10.9 Å². The van der Waals surface area contributed by atoms with Crippen LogP contribution in [0.15, 0.2) is 216 Å². The first-order valence-corrected chi connectivity index (χ1v) is 21.0. The normalized spacial score (nSPS) is 13.1. The summed E-state index contributed by atoms with van der Waals surface area (Å²) in [7, 11) is 0. The fraction of sp³-hybridized carbons (Fsp3) is 0.0182. The van der Waals surface area contributed by atoms with E-state index in [2.05, 4.69) is 163 Å². The summed E-state index contributed by atoms with van der Waals surface area (Å²) >= 11 is 1.86. The molecule has 3 heterocycles. The van der Waals surface area contributed by atoms with Crippen LogP contribution in [0.3, 0.4) is 0 Å². The summed E-state index contributed by atoms with van der Waals surface area (Å²) in [6.45, 7) is 0. The number of aromatic nitrogens is 4. The van der Waals surface area contributed by atoms with Crippen LogP contribution in [-0.4, -0.2) is 19.9 Å². The van der Waals surface area contributed by atoms with Gasteiger partial charge in [-0.2, -0.15) is 0 Å². The molecule has 60 heavy (non-hydrogen) atoms. The van der Waals surface area contributed by atoms with E-state index in [9.17, 15) is 0 Å². The van der Waals surface area contributed by atoms with E-state index in [4.69, 9.17) is 15.0 Å². The summed E-state index contributed by atoms with van der Waals surface area (Å²) in [4.78, 5) is 22.4. The van der Waals surface area contributed by atoms with Gasteiger partial charge in [-0.15, -0.1) is 0 Å². The summed E-state index contributed by atoms with van der Waals surface area (Å²) in [5, 5.41) is 1.15. The highest BCUT2D eigenvalue weighted by Crippen LogP contribution is 2.63. The van der Waals surface area contributed by atoms with Gasteiger partial charge in [0.25, 0.3) is 0 Å². The highest BCUT2D eigenvalue weighted by molar-refractivity contribution is 7.99. The molecule has 12 rings (SSSR count). The zero-order valence-corrected chi connectivity index (χ0v) is 33.1. The Morgan fingerprint density at radius 3 is 1.48 bits per heavy atom. The summed E-state index contributed by atoms with van der Waals surface area (Å²) < 4.78 is 0. The lowest BCUT2D eigenvalue weighted by molar-refractivity contribution is 0.722. The van der Waals surface area contributed by atoms with Gasteiger partial charge in [0.15, 0.2) is 17.5 Å². The van der Waals surface area contributed by atoms with Crippen molar-refractivity contribution in [3.05, 3.63) is 229 Å². The third-order valence-electron chi connectivity index (χ3n) is 12.1. The molecule has 8 aromatic carbocycles. The Kier molecular flexibility index (Phi) is 7.97. The molecule has 0 bridgehead atoms. The highest BCUT2D eigenvalue weighted by atomic mass is 32.2. The monoisotopic (exact) mass is 782 g/mol. The highest BCUT2D eigenvalue weighted by Gasteiger charge is 2.50. The molecular weight excluding hydrogens is 749 g/mol. The number of fused-ring (bicyclic) bond motifs is 10. The van der Waals surface area contributed by atoms with E-state index in [1.165, 1.54) is 65.4 Å². The Balaban J connectivity index is 1.06. The van der Waals surface area contributed by atoms with Crippen LogP contribution in [-0.2, 0) is 5.41 Å². The Bertz CT molecular complexity index is 3180. The quantitative estimate of drug-likeness (QED) is 0.174. The zero-order valence-electron chi connectivity index (χ0n) is 32.3. The molecule has 1 aliphatic heterocycles. The lowest BCUT2D eigenvalue weighted by atomic mass is 9.67.